The van der Waals surface area contributed by atoms with Gasteiger partial charge in [0.2, 0.25) is 5.91 Å². The number of carbonyl (C=O) groups is 1. The summed E-state index contributed by atoms with van der Waals surface area (Å²) in [6, 6.07) is 15.2. The Kier molecular flexibility index (Phi) is 6.26. The fourth-order valence-electron chi connectivity index (χ4n) is 2.64. The molecular weight excluding hydrogens is 376 g/mol. The van der Waals surface area contributed by atoms with E-state index in [1.54, 1.807) is 21.3 Å². The molecule has 1 amide bonds. The van der Waals surface area contributed by atoms with Crippen LogP contribution in [0.25, 0.3) is 22.6 Å². The van der Waals surface area contributed by atoms with Crippen molar-refractivity contribution in [3.8, 4) is 34.1 Å². The Morgan fingerprint density at radius 2 is 1.54 bits per heavy atom. The van der Waals surface area contributed by atoms with Crippen LogP contribution in [-0.2, 0) is 4.79 Å². The van der Waals surface area contributed by atoms with Crippen molar-refractivity contribution >= 4 is 17.7 Å². The highest BCUT2D eigenvalue weighted by Crippen LogP contribution is 2.37. The molecule has 28 heavy (non-hydrogen) atoms. The maximum absolute atomic E-state index is 11.9. The zero-order valence-corrected chi connectivity index (χ0v) is 17.0. The summed E-state index contributed by atoms with van der Waals surface area (Å²) in [6.45, 7) is 1.81. The Morgan fingerprint density at radius 3 is 2.04 bits per heavy atom. The number of oxazole rings is 1. The van der Waals surface area contributed by atoms with Crippen molar-refractivity contribution in [2.24, 2.45) is 0 Å². The summed E-state index contributed by atoms with van der Waals surface area (Å²) in [6.07, 6.45) is 0. The minimum absolute atomic E-state index is 0.0832. The van der Waals surface area contributed by atoms with E-state index in [-0.39, 0.29) is 11.2 Å². The number of methoxy groups -OCH3 is 2. The van der Waals surface area contributed by atoms with Crippen LogP contribution in [-0.4, -0.2) is 37.4 Å². The van der Waals surface area contributed by atoms with Gasteiger partial charge in [-0.15, -0.1) is 0 Å². The van der Waals surface area contributed by atoms with Gasteiger partial charge in [0.15, 0.2) is 5.76 Å². The third kappa shape index (κ3) is 4.31. The molecule has 6 nitrogen and oxygen atoms in total. The van der Waals surface area contributed by atoms with Crippen LogP contribution in [0.2, 0.25) is 0 Å². The molecule has 2 aromatic carbocycles. The zero-order chi connectivity index (χ0) is 20.1. The number of amides is 1. The topological polar surface area (TPSA) is 73.6 Å². The number of aromatic nitrogens is 1. The van der Waals surface area contributed by atoms with Crippen molar-refractivity contribution in [1.82, 2.24) is 10.3 Å². The Balaban J connectivity index is 2.02. The molecule has 1 unspecified atom stereocenters. The van der Waals surface area contributed by atoms with E-state index in [2.05, 4.69) is 10.3 Å². The average molecular weight is 398 g/mol. The molecule has 7 heteroatoms. The predicted molar refractivity (Wildman–Crippen MR) is 110 cm³/mol. The monoisotopic (exact) mass is 398 g/mol. The van der Waals surface area contributed by atoms with E-state index in [0.717, 1.165) is 22.6 Å². The van der Waals surface area contributed by atoms with Gasteiger partial charge in [0.25, 0.3) is 5.22 Å². The highest BCUT2D eigenvalue weighted by atomic mass is 32.2. The highest BCUT2D eigenvalue weighted by molar-refractivity contribution is 8.00. The first-order valence-corrected chi connectivity index (χ1v) is 9.61. The molecule has 0 bridgehead atoms. The van der Waals surface area contributed by atoms with E-state index in [0.29, 0.717) is 16.7 Å². The molecule has 1 heterocycles. The number of nitrogens with one attached hydrogen (secondary N) is 1. The molecule has 0 spiro atoms. The smallest absolute Gasteiger partial charge is 0.257 e. The summed E-state index contributed by atoms with van der Waals surface area (Å²) in [4.78, 5) is 16.5. The first kappa shape index (κ1) is 19.8. The molecule has 146 valence electrons. The van der Waals surface area contributed by atoms with Gasteiger partial charge in [0.1, 0.15) is 17.2 Å². The van der Waals surface area contributed by atoms with Crippen LogP contribution in [0, 0.1) is 0 Å². The largest absolute Gasteiger partial charge is 0.497 e. The number of benzene rings is 2. The lowest BCUT2D eigenvalue weighted by molar-refractivity contribution is -0.119. The van der Waals surface area contributed by atoms with Gasteiger partial charge in [0, 0.05) is 18.2 Å². The minimum Gasteiger partial charge on any atom is -0.497 e. The van der Waals surface area contributed by atoms with E-state index in [4.69, 9.17) is 13.9 Å². The van der Waals surface area contributed by atoms with Crippen molar-refractivity contribution in [2.45, 2.75) is 17.4 Å². The van der Waals surface area contributed by atoms with Crippen LogP contribution >= 0.6 is 11.8 Å². The van der Waals surface area contributed by atoms with E-state index in [1.807, 2.05) is 55.5 Å². The first-order chi connectivity index (χ1) is 13.5. The Bertz CT molecular complexity index is 871. The second-order valence-electron chi connectivity index (χ2n) is 5.99. The molecule has 3 rings (SSSR count). The number of rotatable bonds is 7. The highest BCUT2D eigenvalue weighted by Gasteiger charge is 2.21. The molecule has 0 fully saturated rings. The number of nitrogens with zero attached hydrogens (tertiary/aromatic N) is 1. The zero-order valence-electron chi connectivity index (χ0n) is 16.2. The van der Waals surface area contributed by atoms with Gasteiger partial charge in [-0.2, -0.15) is 0 Å². The SMILES string of the molecule is CNC(=O)C(C)Sc1nc(-c2ccc(OC)cc2)c(-c2ccc(OC)cc2)o1. The van der Waals surface area contributed by atoms with E-state index in [1.165, 1.54) is 11.8 Å². The average Bonchev–Trinajstić information content (AvgIpc) is 3.16. The molecule has 0 radical (unpaired) electrons. The summed E-state index contributed by atoms with van der Waals surface area (Å²) >= 11 is 1.28. The van der Waals surface area contributed by atoms with E-state index >= 15 is 0 Å². The lowest BCUT2D eigenvalue weighted by atomic mass is 10.1. The lowest BCUT2D eigenvalue weighted by Crippen LogP contribution is -2.27. The standard InChI is InChI=1S/C21H22N2O4S/c1-13(20(24)22-2)28-21-23-18(14-5-9-16(25-3)10-6-14)19(27-21)15-7-11-17(26-4)12-8-15/h5-13H,1-4H3,(H,22,24). The van der Waals surface area contributed by atoms with Crippen LogP contribution in [0.15, 0.2) is 58.2 Å². The van der Waals surface area contributed by atoms with E-state index in [9.17, 15) is 4.79 Å². The predicted octanol–water partition coefficient (Wildman–Crippen LogP) is 4.25. The minimum atomic E-state index is -0.323. The van der Waals surface area contributed by atoms with Crippen molar-refractivity contribution in [3.05, 3.63) is 48.5 Å². The van der Waals surface area contributed by atoms with Crippen LogP contribution in [0.1, 0.15) is 6.92 Å². The number of ether oxygens (including phenoxy) is 2. The van der Waals surface area contributed by atoms with Gasteiger partial charge in [-0.1, -0.05) is 11.8 Å². The molecule has 3 aromatic rings. The van der Waals surface area contributed by atoms with Gasteiger partial charge in [-0.05, 0) is 55.5 Å². The van der Waals surface area contributed by atoms with Gasteiger partial charge in [-0.25, -0.2) is 4.98 Å². The second-order valence-corrected chi connectivity index (χ2v) is 7.28. The molecule has 0 aliphatic carbocycles. The quantitative estimate of drug-likeness (QED) is 0.600. The third-order valence-corrected chi connectivity index (χ3v) is 5.16. The lowest BCUT2D eigenvalue weighted by Gasteiger charge is -2.05. The number of hydrogen-bond donors (Lipinski definition) is 1. The summed E-state index contributed by atoms with van der Waals surface area (Å²) < 4.78 is 16.5. The van der Waals surface area contributed by atoms with E-state index < -0.39 is 0 Å². The molecule has 1 N–H and O–H groups in total. The molecule has 0 aliphatic rings. The van der Waals surface area contributed by atoms with Crippen molar-refractivity contribution in [1.29, 1.82) is 0 Å². The van der Waals surface area contributed by atoms with Crippen molar-refractivity contribution in [2.75, 3.05) is 21.3 Å². The summed E-state index contributed by atoms with van der Waals surface area (Å²) in [7, 11) is 4.87. The maximum atomic E-state index is 11.9. The van der Waals surface area contributed by atoms with Crippen LogP contribution < -0.4 is 14.8 Å². The fraction of sp³-hybridized carbons (Fsp3) is 0.238. The van der Waals surface area contributed by atoms with Gasteiger partial charge >= 0.3 is 0 Å². The summed E-state index contributed by atoms with van der Waals surface area (Å²) in [5, 5.41) is 2.75. The fourth-order valence-corrected chi connectivity index (χ4v) is 3.44. The van der Waals surface area contributed by atoms with Gasteiger partial charge < -0.3 is 19.2 Å². The molecule has 0 aliphatic heterocycles. The van der Waals surface area contributed by atoms with Crippen LogP contribution in [0.4, 0.5) is 0 Å². The molecule has 0 saturated heterocycles. The Hall–Kier alpha value is -2.93. The van der Waals surface area contributed by atoms with Crippen molar-refractivity contribution in [3.63, 3.8) is 0 Å². The number of carbonyl (C=O) groups excluding carboxylic acids is 1. The summed E-state index contributed by atoms with van der Waals surface area (Å²) in [5.74, 6) is 2.08. The normalized spacial score (nSPS) is 11.7. The van der Waals surface area contributed by atoms with Crippen molar-refractivity contribution < 1.29 is 18.7 Å². The number of thioether (sulfide) groups is 1. The van der Waals surface area contributed by atoms with Gasteiger partial charge in [0.05, 0.1) is 19.5 Å². The molecule has 1 atom stereocenters. The van der Waals surface area contributed by atoms with Gasteiger partial charge in [-0.3, -0.25) is 4.79 Å². The molecular formula is C21H22N2O4S. The Morgan fingerprint density at radius 1 is 1.00 bits per heavy atom. The van der Waals surface area contributed by atoms with Crippen LogP contribution in [0.5, 0.6) is 11.5 Å². The molecule has 0 saturated carbocycles. The summed E-state index contributed by atoms with van der Waals surface area (Å²) in [5.41, 5.74) is 2.48. The Labute approximate surface area is 168 Å². The second kappa shape index (κ2) is 8.84. The third-order valence-electron chi connectivity index (χ3n) is 4.22. The number of hydrogen-bond acceptors (Lipinski definition) is 6. The maximum Gasteiger partial charge on any atom is 0.257 e. The van der Waals surface area contributed by atoms with Crippen LogP contribution in [0.3, 0.4) is 0 Å². The first-order valence-electron chi connectivity index (χ1n) is 8.73. The molecule has 1 aromatic heterocycles.